The maximum Gasteiger partial charge on any atom is 0.387 e. The van der Waals surface area contributed by atoms with Crippen LogP contribution in [0.5, 0.6) is 5.75 Å². The van der Waals surface area contributed by atoms with E-state index >= 15 is 0 Å². The summed E-state index contributed by atoms with van der Waals surface area (Å²) in [6.45, 7) is 3.61. The fourth-order valence-corrected chi connectivity index (χ4v) is 1.75. The zero-order chi connectivity index (χ0) is 14.8. The molecule has 0 aliphatic heterocycles. The molecular formula is C15H23F2NO2. The van der Waals surface area contributed by atoms with Crippen molar-refractivity contribution in [2.24, 2.45) is 0 Å². The molecule has 0 saturated heterocycles. The predicted octanol–water partition coefficient (Wildman–Crippen LogP) is 3.76. The minimum absolute atomic E-state index is 0.144. The first-order chi connectivity index (χ1) is 9.63. The van der Waals surface area contributed by atoms with Crippen molar-refractivity contribution < 1.29 is 18.3 Å². The first kappa shape index (κ1) is 16.9. The van der Waals surface area contributed by atoms with Gasteiger partial charge in [0.15, 0.2) is 0 Å². The third-order valence-corrected chi connectivity index (χ3v) is 2.94. The fourth-order valence-electron chi connectivity index (χ4n) is 1.75. The molecule has 20 heavy (non-hydrogen) atoms. The second-order valence-corrected chi connectivity index (χ2v) is 4.59. The largest absolute Gasteiger partial charge is 0.435 e. The molecule has 1 atom stereocenters. The Labute approximate surface area is 119 Å². The highest BCUT2D eigenvalue weighted by Crippen LogP contribution is 2.18. The third kappa shape index (κ3) is 6.82. The Kier molecular flexibility index (Phi) is 8.14. The van der Waals surface area contributed by atoms with Gasteiger partial charge in [0.2, 0.25) is 0 Å². The highest BCUT2D eigenvalue weighted by atomic mass is 19.3. The number of ether oxygens (including phenoxy) is 2. The zero-order valence-electron chi connectivity index (χ0n) is 12.1. The van der Waals surface area contributed by atoms with Crippen molar-refractivity contribution in [3.63, 3.8) is 0 Å². The summed E-state index contributed by atoms with van der Waals surface area (Å²) >= 11 is 0. The fraction of sp³-hybridized carbons (Fsp3) is 0.600. The quantitative estimate of drug-likeness (QED) is 0.665. The van der Waals surface area contributed by atoms with Crippen LogP contribution in [-0.4, -0.2) is 26.4 Å². The second-order valence-electron chi connectivity index (χ2n) is 4.59. The number of rotatable bonds is 10. The molecule has 1 unspecified atom stereocenters. The molecule has 114 valence electrons. The van der Waals surface area contributed by atoms with Gasteiger partial charge in [-0.05, 0) is 31.0 Å². The van der Waals surface area contributed by atoms with Gasteiger partial charge in [0.05, 0.1) is 6.61 Å². The molecule has 5 heteroatoms. The van der Waals surface area contributed by atoms with Gasteiger partial charge < -0.3 is 14.8 Å². The first-order valence-corrected chi connectivity index (χ1v) is 6.99. The molecule has 0 aliphatic rings. The van der Waals surface area contributed by atoms with Crippen LogP contribution < -0.4 is 10.1 Å². The molecule has 0 aliphatic carbocycles. The summed E-state index contributed by atoms with van der Waals surface area (Å²) in [5.74, 6) is 0.179. The van der Waals surface area contributed by atoms with Gasteiger partial charge in [0.1, 0.15) is 5.75 Å². The van der Waals surface area contributed by atoms with Gasteiger partial charge >= 0.3 is 6.61 Å². The lowest BCUT2D eigenvalue weighted by atomic mass is 10.1. The molecule has 0 radical (unpaired) electrons. The van der Waals surface area contributed by atoms with Crippen molar-refractivity contribution in [3.05, 3.63) is 29.8 Å². The number of hydrogen-bond donors (Lipinski definition) is 1. The normalized spacial score (nSPS) is 12.7. The number of unbranched alkanes of at least 4 members (excludes halogenated alkanes) is 1. The van der Waals surface area contributed by atoms with E-state index in [2.05, 4.69) is 17.0 Å². The maximum absolute atomic E-state index is 12.0. The Morgan fingerprint density at radius 3 is 2.45 bits per heavy atom. The zero-order valence-corrected chi connectivity index (χ0v) is 12.1. The Bertz CT molecular complexity index is 357. The van der Waals surface area contributed by atoms with E-state index in [0.29, 0.717) is 6.61 Å². The minimum atomic E-state index is -2.78. The molecule has 0 spiro atoms. The van der Waals surface area contributed by atoms with E-state index in [-0.39, 0.29) is 11.8 Å². The lowest BCUT2D eigenvalue weighted by Gasteiger charge is -2.15. The number of benzene rings is 1. The summed E-state index contributed by atoms with van der Waals surface area (Å²) in [5.41, 5.74) is 1.03. The molecule has 1 aromatic rings. The Morgan fingerprint density at radius 2 is 1.85 bits per heavy atom. The van der Waals surface area contributed by atoms with Crippen molar-refractivity contribution in [3.8, 4) is 5.75 Å². The molecule has 0 heterocycles. The van der Waals surface area contributed by atoms with Crippen molar-refractivity contribution in [1.29, 1.82) is 0 Å². The van der Waals surface area contributed by atoms with Crippen LogP contribution in [0.4, 0.5) is 8.78 Å². The van der Waals surface area contributed by atoms with Crippen LogP contribution in [0.25, 0.3) is 0 Å². The highest BCUT2D eigenvalue weighted by molar-refractivity contribution is 5.28. The van der Waals surface area contributed by atoms with Gasteiger partial charge in [-0.1, -0.05) is 25.5 Å². The molecule has 1 rings (SSSR count). The van der Waals surface area contributed by atoms with Gasteiger partial charge in [-0.2, -0.15) is 8.78 Å². The molecule has 3 nitrogen and oxygen atoms in total. The van der Waals surface area contributed by atoms with E-state index < -0.39 is 6.61 Å². The van der Waals surface area contributed by atoms with Gasteiger partial charge in [-0.15, -0.1) is 0 Å². The summed E-state index contributed by atoms with van der Waals surface area (Å²) in [6, 6.07) is 6.82. The molecule has 0 saturated carbocycles. The maximum atomic E-state index is 12.0. The van der Waals surface area contributed by atoms with Gasteiger partial charge in [-0.3, -0.25) is 0 Å². The molecule has 0 fully saturated rings. The van der Waals surface area contributed by atoms with Crippen molar-refractivity contribution in [1.82, 2.24) is 5.32 Å². The van der Waals surface area contributed by atoms with Crippen LogP contribution in [0.1, 0.15) is 38.3 Å². The molecule has 1 N–H and O–H groups in total. The molecule has 0 amide bonds. The lowest BCUT2D eigenvalue weighted by molar-refractivity contribution is -0.0498. The highest BCUT2D eigenvalue weighted by Gasteiger charge is 2.07. The summed E-state index contributed by atoms with van der Waals surface area (Å²) in [4.78, 5) is 0. The van der Waals surface area contributed by atoms with Gasteiger partial charge in [0, 0.05) is 19.2 Å². The summed E-state index contributed by atoms with van der Waals surface area (Å²) in [6.07, 6.45) is 2.22. The Balaban J connectivity index is 2.27. The second kappa shape index (κ2) is 9.66. The standard InChI is InChI=1S/C15H23F2NO2/c1-3-4-10-19-11-9-18-12(2)13-5-7-14(8-6-13)20-15(16)17/h5-8,12,15,18H,3-4,9-11H2,1-2H3. The summed E-state index contributed by atoms with van der Waals surface area (Å²) in [5, 5.41) is 3.32. The van der Waals surface area contributed by atoms with E-state index in [0.717, 1.165) is 31.6 Å². The summed E-state index contributed by atoms with van der Waals surface area (Å²) < 4.78 is 33.8. The average Bonchev–Trinajstić information content (AvgIpc) is 2.42. The topological polar surface area (TPSA) is 30.5 Å². The molecule has 1 aromatic carbocycles. The number of halogens is 2. The molecular weight excluding hydrogens is 264 g/mol. The summed E-state index contributed by atoms with van der Waals surface area (Å²) in [7, 11) is 0. The average molecular weight is 287 g/mol. The third-order valence-electron chi connectivity index (χ3n) is 2.94. The lowest BCUT2D eigenvalue weighted by Crippen LogP contribution is -2.23. The SMILES string of the molecule is CCCCOCCNC(C)c1ccc(OC(F)F)cc1. The van der Waals surface area contributed by atoms with E-state index in [1.54, 1.807) is 24.3 Å². The Hall–Kier alpha value is -1.20. The van der Waals surface area contributed by atoms with Crippen molar-refractivity contribution >= 4 is 0 Å². The van der Waals surface area contributed by atoms with E-state index in [4.69, 9.17) is 4.74 Å². The van der Waals surface area contributed by atoms with E-state index in [1.807, 2.05) is 6.92 Å². The number of alkyl halides is 2. The van der Waals surface area contributed by atoms with Crippen molar-refractivity contribution in [2.45, 2.75) is 39.3 Å². The minimum Gasteiger partial charge on any atom is -0.435 e. The van der Waals surface area contributed by atoms with Crippen LogP contribution in [0.3, 0.4) is 0 Å². The number of nitrogens with one attached hydrogen (secondary N) is 1. The predicted molar refractivity (Wildman–Crippen MR) is 75.2 cm³/mol. The van der Waals surface area contributed by atoms with Gasteiger partial charge in [0.25, 0.3) is 0 Å². The Morgan fingerprint density at radius 1 is 1.15 bits per heavy atom. The van der Waals surface area contributed by atoms with E-state index in [1.165, 1.54) is 0 Å². The van der Waals surface area contributed by atoms with Gasteiger partial charge in [-0.25, -0.2) is 0 Å². The molecule has 0 aromatic heterocycles. The van der Waals surface area contributed by atoms with Crippen LogP contribution >= 0.6 is 0 Å². The van der Waals surface area contributed by atoms with Crippen LogP contribution in [0.2, 0.25) is 0 Å². The molecule has 0 bridgehead atoms. The number of hydrogen-bond acceptors (Lipinski definition) is 3. The van der Waals surface area contributed by atoms with Crippen molar-refractivity contribution in [2.75, 3.05) is 19.8 Å². The van der Waals surface area contributed by atoms with Crippen LogP contribution in [-0.2, 0) is 4.74 Å². The van der Waals surface area contributed by atoms with E-state index in [9.17, 15) is 8.78 Å². The smallest absolute Gasteiger partial charge is 0.387 e. The monoisotopic (exact) mass is 287 g/mol. The van der Waals surface area contributed by atoms with Crippen LogP contribution in [0, 0.1) is 0 Å². The first-order valence-electron chi connectivity index (χ1n) is 6.99. The van der Waals surface area contributed by atoms with Crippen LogP contribution in [0.15, 0.2) is 24.3 Å².